The van der Waals surface area contributed by atoms with Crippen LogP contribution in [0.15, 0.2) is 24.3 Å². The van der Waals surface area contributed by atoms with Crippen LogP contribution in [-0.4, -0.2) is 45.7 Å². The minimum atomic E-state index is 0. The van der Waals surface area contributed by atoms with E-state index >= 15 is 0 Å². The minimum absolute atomic E-state index is 0. The molecule has 2 saturated heterocycles. The van der Waals surface area contributed by atoms with E-state index in [1.807, 2.05) is 25.1 Å². The molecule has 7 heteroatoms. The molecule has 0 bridgehead atoms. The fourth-order valence-electron chi connectivity index (χ4n) is 3.39. The average Bonchev–Trinajstić information content (AvgIpc) is 2.99. The second kappa shape index (κ2) is 10.1. The molecule has 0 aliphatic carbocycles. The molecule has 0 radical (unpaired) electrons. The van der Waals surface area contributed by atoms with E-state index in [1.54, 1.807) is 7.11 Å². The lowest BCUT2D eigenvalue weighted by molar-refractivity contribution is -0.126. The van der Waals surface area contributed by atoms with Crippen molar-refractivity contribution >= 4 is 36.4 Å². The summed E-state index contributed by atoms with van der Waals surface area (Å²) >= 11 is 0. The van der Waals surface area contributed by atoms with Crippen LogP contribution in [0.4, 0.5) is 5.69 Å². The summed E-state index contributed by atoms with van der Waals surface area (Å²) in [6.45, 7) is 6.74. The number of nitrogens with one attached hydrogen (secondary N) is 2. The molecule has 142 valence electrons. The molecule has 1 aromatic rings. The summed E-state index contributed by atoms with van der Waals surface area (Å²) < 4.78 is 5.45. The highest BCUT2D eigenvalue weighted by atomic mass is 35.5. The Morgan fingerprint density at radius 1 is 1.36 bits per heavy atom. The molecule has 0 aromatic heterocycles. The van der Waals surface area contributed by atoms with E-state index in [0.717, 1.165) is 50.6 Å². The summed E-state index contributed by atoms with van der Waals surface area (Å²) in [5.74, 6) is 2.25. The third-order valence-electron chi connectivity index (χ3n) is 5.21. The molecule has 3 rings (SSSR count). The van der Waals surface area contributed by atoms with Crippen molar-refractivity contribution in [1.29, 1.82) is 0 Å². The number of hydrogen-bond acceptors (Lipinski definition) is 4. The second-order valence-corrected chi connectivity index (χ2v) is 6.72. The quantitative estimate of drug-likeness (QED) is 0.783. The highest BCUT2D eigenvalue weighted by Crippen LogP contribution is 2.31. The lowest BCUT2D eigenvalue weighted by Gasteiger charge is -2.32. The van der Waals surface area contributed by atoms with Crippen LogP contribution in [0, 0.1) is 17.8 Å². The third kappa shape index (κ3) is 5.16. The zero-order valence-corrected chi connectivity index (χ0v) is 16.5. The third-order valence-corrected chi connectivity index (χ3v) is 5.21. The Morgan fingerprint density at radius 3 is 2.72 bits per heavy atom. The molecule has 2 N–H and O–H groups in total. The molecular weight excluding hydrogens is 361 g/mol. The van der Waals surface area contributed by atoms with Crippen LogP contribution in [0.1, 0.15) is 13.3 Å². The molecule has 1 aromatic carbocycles. The van der Waals surface area contributed by atoms with Gasteiger partial charge < -0.3 is 20.3 Å². The van der Waals surface area contributed by atoms with Crippen LogP contribution >= 0.6 is 24.8 Å². The molecule has 2 unspecified atom stereocenters. The predicted molar refractivity (Wildman–Crippen MR) is 106 cm³/mol. The number of benzene rings is 1. The molecule has 1 amide bonds. The Hall–Kier alpha value is -1.17. The fourth-order valence-corrected chi connectivity index (χ4v) is 3.39. The summed E-state index contributed by atoms with van der Waals surface area (Å²) in [6.07, 6.45) is 1.11. The summed E-state index contributed by atoms with van der Waals surface area (Å²) in [4.78, 5) is 14.6. The van der Waals surface area contributed by atoms with E-state index in [0.29, 0.717) is 11.8 Å². The van der Waals surface area contributed by atoms with Crippen LogP contribution in [0.5, 0.6) is 5.75 Å². The lowest BCUT2D eigenvalue weighted by atomic mass is 9.88. The standard InChI is InChI=1S/C18H27N3O2.2ClH/c1-13(15-10-19-11-15)18(22)20-9-14-7-8-21(12-14)16-5-3-4-6-17(16)23-2;;/h3-6,13-15,19H,7-12H2,1-2H3,(H,20,22);2*1H. The Bertz CT molecular complexity index is 555. The number of ether oxygens (including phenoxy) is 1. The monoisotopic (exact) mass is 389 g/mol. The van der Waals surface area contributed by atoms with Crippen molar-refractivity contribution in [2.45, 2.75) is 13.3 Å². The fraction of sp³-hybridized carbons (Fsp3) is 0.611. The highest BCUT2D eigenvalue weighted by molar-refractivity contribution is 5.85. The van der Waals surface area contributed by atoms with Crippen LogP contribution < -0.4 is 20.3 Å². The molecule has 2 aliphatic rings. The van der Waals surface area contributed by atoms with Gasteiger partial charge in [0.05, 0.1) is 12.8 Å². The van der Waals surface area contributed by atoms with Gasteiger partial charge in [0, 0.05) is 25.6 Å². The molecule has 2 aliphatic heterocycles. The van der Waals surface area contributed by atoms with Crippen molar-refractivity contribution in [2.24, 2.45) is 17.8 Å². The second-order valence-electron chi connectivity index (χ2n) is 6.72. The van der Waals surface area contributed by atoms with E-state index < -0.39 is 0 Å². The Labute approximate surface area is 162 Å². The van der Waals surface area contributed by atoms with Crippen molar-refractivity contribution in [3.8, 4) is 5.75 Å². The van der Waals surface area contributed by atoms with Gasteiger partial charge in [-0.1, -0.05) is 19.1 Å². The number of hydrogen-bond donors (Lipinski definition) is 2. The number of methoxy groups -OCH3 is 1. The van der Waals surface area contributed by atoms with Crippen molar-refractivity contribution in [2.75, 3.05) is 44.7 Å². The smallest absolute Gasteiger partial charge is 0.223 e. The van der Waals surface area contributed by atoms with Gasteiger partial charge in [-0.15, -0.1) is 24.8 Å². The van der Waals surface area contributed by atoms with E-state index in [4.69, 9.17) is 4.74 Å². The molecule has 2 fully saturated rings. The van der Waals surface area contributed by atoms with Gasteiger partial charge in [-0.2, -0.15) is 0 Å². The van der Waals surface area contributed by atoms with E-state index in [1.165, 1.54) is 0 Å². The van der Waals surface area contributed by atoms with Gasteiger partial charge in [0.25, 0.3) is 0 Å². The SMILES string of the molecule is COc1ccccc1N1CCC(CNC(=O)C(C)C2CNC2)C1.Cl.Cl. The molecule has 2 heterocycles. The van der Waals surface area contributed by atoms with Crippen LogP contribution in [-0.2, 0) is 4.79 Å². The molecule has 2 atom stereocenters. The zero-order valence-electron chi connectivity index (χ0n) is 14.9. The van der Waals surface area contributed by atoms with Crippen LogP contribution in [0.25, 0.3) is 0 Å². The molecule has 0 saturated carbocycles. The maximum Gasteiger partial charge on any atom is 0.223 e. The first kappa shape index (κ1) is 21.9. The topological polar surface area (TPSA) is 53.6 Å². The van der Waals surface area contributed by atoms with Crippen LogP contribution in [0.3, 0.4) is 0 Å². The number of halogens is 2. The number of carbonyl (C=O) groups excluding carboxylic acids is 1. The molecule has 0 spiro atoms. The van der Waals surface area contributed by atoms with Crippen molar-refractivity contribution < 1.29 is 9.53 Å². The first-order valence-corrected chi connectivity index (χ1v) is 8.55. The molecular formula is C18H29Cl2N3O2. The lowest BCUT2D eigenvalue weighted by Crippen LogP contribution is -2.50. The van der Waals surface area contributed by atoms with Gasteiger partial charge in [0.15, 0.2) is 0 Å². The van der Waals surface area contributed by atoms with Crippen molar-refractivity contribution in [3.63, 3.8) is 0 Å². The van der Waals surface area contributed by atoms with E-state index in [9.17, 15) is 4.79 Å². The largest absolute Gasteiger partial charge is 0.495 e. The van der Waals surface area contributed by atoms with Gasteiger partial charge in [0.2, 0.25) is 5.91 Å². The minimum Gasteiger partial charge on any atom is -0.495 e. The van der Waals surface area contributed by atoms with Crippen LogP contribution in [0.2, 0.25) is 0 Å². The number of nitrogens with zero attached hydrogens (tertiary/aromatic N) is 1. The highest BCUT2D eigenvalue weighted by Gasteiger charge is 2.30. The van der Waals surface area contributed by atoms with Gasteiger partial charge in [-0.05, 0) is 43.5 Å². The summed E-state index contributed by atoms with van der Waals surface area (Å²) in [6, 6.07) is 8.14. The average molecular weight is 390 g/mol. The van der Waals surface area contributed by atoms with Gasteiger partial charge in [0.1, 0.15) is 5.75 Å². The normalized spacial score (nSPS) is 20.7. The molecule has 5 nitrogen and oxygen atoms in total. The molecule has 25 heavy (non-hydrogen) atoms. The maximum absolute atomic E-state index is 12.2. The summed E-state index contributed by atoms with van der Waals surface area (Å²) in [5.41, 5.74) is 1.15. The Balaban J connectivity index is 0.00000156. The Morgan fingerprint density at radius 2 is 2.08 bits per heavy atom. The number of carbonyl (C=O) groups is 1. The Kier molecular flexibility index (Phi) is 8.83. The first-order valence-electron chi connectivity index (χ1n) is 8.55. The zero-order chi connectivity index (χ0) is 16.2. The maximum atomic E-state index is 12.2. The number of rotatable bonds is 6. The van der Waals surface area contributed by atoms with Crippen molar-refractivity contribution in [1.82, 2.24) is 10.6 Å². The van der Waals surface area contributed by atoms with Gasteiger partial charge in [-0.25, -0.2) is 0 Å². The van der Waals surface area contributed by atoms with E-state index in [2.05, 4.69) is 21.6 Å². The van der Waals surface area contributed by atoms with Crippen molar-refractivity contribution in [3.05, 3.63) is 24.3 Å². The summed E-state index contributed by atoms with van der Waals surface area (Å²) in [5, 5.41) is 6.38. The summed E-state index contributed by atoms with van der Waals surface area (Å²) in [7, 11) is 1.71. The predicted octanol–water partition coefficient (Wildman–Crippen LogP) is 2.34. The first-order chi connectivity index (χ1) is 11.2. The van der Waals surface area contributed by atoms with E-state index in [-0.39, 0.29) is 36.6 Å². The number of para-hydroxylation sites is 2. The number of anilines is 1. The number of amides is 1. The van der Waals surface area contributed by atoms with Gasteiger partial charge in [-0.3, -0.25) is 4.79 Å². The van der Waals surface area contributed by atoms with Gasteiger partial charge >= 0.3 is 0 Å².